The first-order valence-corrected chi connectivity index (χ1v) is 7.28. The summed E-state index contributed by atoms with van der Waals surface area (Å²) in [5, 5.41) is 2.81. The molecule has 2 N–H and O–H groups in total. The third kappa shape index (κ3) is 3.48. The lowest BCUT2D eigenvalue weighted by molar-refractivity contribution is -0.117. The molecule has 21 heavy (non-hydrogen) atoms. The summed E-state index contributed by atoms with van der Waals surface area (Å²) in [7, 11) is 0. The van der Waals surface area contributed by atoms with E-state index in [1.807, 2.05) is 26.0 Å². The van der Waals surface area contributed by atoms with E-state index in [-0.39, 0.29) is 11.7 Å². The van der Waals surface area contributed by atoms with Gasteiger partial charge in [-0.15, -0.1) is 0 Å². The van der Waals surface area contributed by atoms with Crippen molar-refractivity contribution in [3.05, 3.63) is 29.1 Å². The van der Waals surface area contributed by atoms with Gasteiger partial charge in [0.1, 0.15) is 11.5 Å². The molecule has 0 spiro atoms. The predicted octanol–water partition coefficient (Wildman–Crippen LogP) is 2.53. The van der Waals surface area contributed by atoms with Crippen molar-refractivity contribution in [2.75, 3.05) is 6.54 Å². The van der Waals surface area contributed by atoms with Gasteiger partial charge in [-0.25, -0.2) is 0 Å². The maximum atomic E-state index is 12.2. The molecule has 0 bridgehead atoms. The van der Waals surface area contributed by atoms with Crippen LogP contribution < -0.4 is 5.32 Å². The van der Waals surface area contributed by atoms with E-state index >= 15 is 0 Å². The molecule has 1 amide bonds. The zero-order valence-electron chi connectivity index (χ0n) is 12.7. The van der Waals surface area contributed by atoms with Crippen LogP contribution in [-0.4, -0.2) is 28.2 Å². The van der Waals surface area contributed by atoms with Crippen LogP contribution in [0.2, 0.25) is 0 Å². The number of pyridine rings is 1. The molecule has 0 atom stereocenters. The smallest absolute Gasteiger partial charge is 0.268 e. The molecule has 112 valence electrons. The van der Waals surface area contributed by atoms with Gasteiger partial charge in [0, 0.05) is 24.2 Å². The van der Waals surface area contributed by atoms with Gasteiger partial charge in [0.15, 0.2) is 0 Å². The lowest BCUT2D eigenvalue weighted by Gasteiger charge is -2.04. The first-order chi connectivity index (χ1) is 10.0. The Hall–Kier alpha value is -2.17. The maximum absolute atomic E-state index is 12.2. The zero-order chi connectivity index (χ0) is 15.4. The third-order valence-electron chi connectivity index (χ3n) is 3.40. The number of carbonyl (C=O) groups excluding carboxylic acids is 2. The van der Waals surface area contributed by atoms with Crippen LogP contribution >= 0.6 is 0 Å². The molecule has 0 aliphatic carbocycles. The second-order valence-electron chi connectivity index (χ2n) is 5.24. The number of amides is 1. The molecule has 2 rings (SSSR count). The van der Waals surface area contributed by atoms with E-state index in [1.54, 1.807) is 6.92 Å². The number of carbonyl (C=O) groups is 2. The fraction of sp³-hybridized carbons (Fsp3) is 0.438. The Balaban J connectivity index is 2.40. The standard InChI is InChI=1S/C16H21N3O2/c1-4-17-16(21)15-12(7-5-6-11(3)20)14-13(19-15)9-8-10(2)18-14/h8-9,19H,4-7H2,1-3H3,(H,17,21). The van der Waals surface area contributed by atoms with Gasteiger partial charge in [0.05, 0.1) is 11.0 Å². The number of Topliss-reactive ketones (excluding diaryl/α,β-unsaturated/α-hetero) is 1. The highest BCUT2D eigenvalue weighted by atomic mass is 16.1. The first-order valence-electron chi connectivity index (χ1n) is 7.28. The van der Waals surface area contributed by atoms with Crippen molar-refractivity contribution in [3.63, 3.8) is 0 Å². The number of ketones is 1. The van der Waals surface area contributed by atoms with E-state index in [0.717, 1.165) is 28.7 Å². The second-order valence-corrected chi connectivity index (χ2v) is 5.24. The van der Waals surface area contributed by atoms with Gasteiger partial charge in [0.2, 0.25) is 0 Å². The van der Waals surface area contributed by atoms with Gasteiger partial charge in [0.25, 0.3) is 5.91 Å². The van der Waals surface area contributed by atoms with Gasteiger partial charge in [-0.05, 0) is 45.7 Å². The van der Waals surface area contributed by atoms with Crippen LogP contribution in [0.3, 0.4) is 0 Å². The number of aryl methyl sites for hydroxylation is 2. The van der Waals surface area contributed by atoms with E-state index in [1.165, 1.54) is 0 Å². The highest BCUT2D eigenvalue weighted by Crippen LogP contribution is 2.23. The average Bonchev–Trinajstić information content (AvgIpc) is 2.77. The highest BCUT2D eigenvalue weighted by Gasteiger charge is 2.18. The molecule has 0 radical (unpaired) electrons. The van der Waals surface area contributed by atoms with Crippen LogP contribution in [0.25, 0.3) is 11.0 Å². The topological polar surface area (TPSA) is 74.8 Å². The molecular formula is C16H21N3O2. The number of H-pyrrole nitrogens is 1. The van der Waals surface area contributed by atoms with Crippen LogP contribution in [0.4, 0.5) is 0 Å². The molecule has 0 aliphatic heterocycles. The molecule has 5 heteroatoms. The van der Waals surface area contributed by atoms with E-state index < -0.39 is 0 Å². The van der Waals surface area contributed by atoms with Crippen molar-refractivity contribution in [1.82, 2.24) is 15.3 Å². The van der Waals surface area contributed by atoms with Crippen molar-refractivity contribution in [1.29, 1.82) is 0 Å². The quantitative estimate of drug-likeness (QED) is 0.857. The van der Waals surface area contributed by atoms with Crippen LogP contribution in [0.15, 0.2) is 12.1 Å². The Morgan fingerprint density at radius 3 is 2.76 bits per heavy atom. The maximum Gasteiger partial charge on any atom is 0.268 e. The van der Waals surface area contributed by atoms with Gasteiger partial charge in [-0.3, -0.25) is 9.78 Å². The van der Waals surface area contributed by atoms with E-state index in [2.05, 4.69) is 15.3 Å². The fourth-order valence-corrected chi connectivity index (χ4v) is 2.42. The summed E-state index contributed by atoms with van der Waals surface area (Å²) in [6.07, 6.45) is 1.92. The van der Waals surface area contributed by atoms with Crippen molar-refractivity contribution in [3.8, 4) is 0 Å². The molecule has 2 aromatic rings. The number of nitrogens with zero attached hydrogens (tertiary/aromatic N) is 1. The summed E-state index contributed by atoms with van der Waals surface area (Å²) >= 11 is 0. The van der Waals surface area contributed by atoms with Crippen molar-refractivity contribution >= 4 is 22.7 Å². The predicted molar refractivity (Wildman–Crippen MR) is 82.5 cm³/mol. The Bertz CT molecular complexity index is 673. The second kappa shape index (κ2) is 6.52. The molecule has 0 aromatic carbocycles. The van der Waals surface area contributed by atoms with Gasteiger partial charge < -0.3 is 15.1 Å². The van der Waals surface area contributed by atoms with Crippen molar-refractivity contribution < 1.29 is 9.59 Å². The summed E-state index contributed by atoms with van der Waals surface area (Å²) in [5.41, 5.74) is 4.07. The molecule has 5 nitrogen and oxygen atoms in total. The number of hydrogen-bond donors (Lipinski definition) is 2. The normalized spacial score (nSPS) is 10.8. The molecule has 0 unspecified atom stereocenters. The Labute approximate surface area is 124 Å². The largest absolute Gasteiger partial charge is 0.351 e. The molecule has 0 saturated heterocycles. The Morgan fingerprint density at radius 2 is 2.10 bits per heavy atom. The third-order valence-corrected chi connectivity index (χ3v) is 3.40. The summed E-state index contributed by atoms with van der Waals surface area (Å²) < 4.78 is 0. The molecule has 2 aromatic heterocycles. The molecule has 0 saturated carbocycles. The summed E-state index contributed by atoms with van der Waals surface area (Å²) in [4.78, 5) is 31.0. The Morgan fingerprint density at radius 1 is 1.33 bits per heavy atom. The minimum Gasteiger partial charge on any atom is -0.351 e. The Kier molecular flexibility index (Phi) is 4.73. The number of aromatic amines is 1. The minimum absolute atomic E-state index is 0.119. The fourth-order valence-electron chi connectivity index (χ4n) is 2.42. The highest BCUT2D eigenvalue weighted by molar-refractivity contribution is 6.00. The number of nitrogens with one attached hydrogen (secondary N) is 2. The van der Waals surface area contributed by atoms with Crippen LogP contribution in [0, 0.1) is 6.92 Å². The number of rotatable bonds is 6. The first kappa shape index (κ1) is 15.2. The number of hydrogen-bond acceptors (Lipinski definition) is 3. The van der Waals surface area contributed by atoms with Crippen molar-refractivity contribution in [2.45, 2.75) is 40.0 Å². The molecule has 0 aliphatic rings. The van der Waals surface area contributed by atoms with Crippen LogP contribution in [0.5, 0.6) is 0 Å². The van der Waals surface area contributed by atoms with Gasteiger partial charge in [-0.2, -0.15) is 0 Å². The van der Waals surface area contributed by atoms with E-state index in [4.69, 9.17) is 0 Å². The number of aromatic nitrogens is 2. The monoisotopic (exact) mass is 287 g/mol. The van der Waals surface area contributed by atoms with Crippen LogP contribution in [-0.2, 0) is 11.2 Å². The van der Waals surface area contributed by atoms with Crippen LogP contribution in [0.1, 0.15) is 48.4 Å². The summed E-state index contributed by atoms with van der Waals surface area (Å²) in [6.45, 7) is 5.98. The lowest BCUT2D eigenvalue weighted by atomic mass is 10.1. The van der Waals surface area contributed by atoms with Crippen molar-refractivity contribution in [2.24, 2.45) is 0 Å². The average molecular weight is 287 g/mol. The van der Waals surface area contributed by atoms with Gasteiger partial charge >= 0.3 is 0 Å². The SMILES string of the molecule is CCNC(=O)c1[nH]c2ccc(C)nc2c1CCCC(C)=O. The van der Waals surface area contributed by atoms with Gasteiger partial charge in [-0.1, -0.05) is 0 Å². The molecule has 0 fully saturated rings. The lowest BCUT2D eigenvalue weighted by Crippen LogP contribution is -2.24. The summed E-state index contributed by atoms with van der Waals surface area (Å²) in [6, 6.07) is 3.86. The molecular weight excluding hydrogens is 266 g/mol. The summed E-state index contributed by atoms with van der Waals surface area (Å²) in [5.74, 6) is 0.0459. The molecule has 2 heterocycles. The number of fused-ring (bicyclic) bond motifs is 1. The zero-order valence-corrected chi connectivity index (χ0v) is 12.7. The van der Waals surface area contributed by atoms with E-state index in [0.29, 0.717) is 25.1 Å². The minimum atomic E-state index is -0.119. The van der Waals surface area contributed by atoms with E-state index in [9.17, 15) is 9.59 Å².